The number of likely N-dealkylation sites (tertiary alicyclic amines) is 1. The maximum absolute atomic E-state index is 12.1. The summed E-state index contributed by atoms with van der Waals surface area (Å²) in [6.45, 7) is 4.77. The number of nitrogens with zero attached hydrogens (tertiary/aromatic N) is 4. The zero-order valence-corrected chi connectivity index (χ0v) is 12.0. The van der Waals surface area contributed by atoms with E-state index in [4.69, 9.17) is 4.74 Å². The fourth-order valence-corrected chi connectivity index (χ4v) is 2.48. The number of hydrogen-bond donors (Lipinski definition) is 1. The van der Waals surface area contributed by atoms with Crippen LogP contribution < -0.4 is 5.32 Å². The molecule has 0 aromatic carbocycles. The Morgan fingerprint density at radius 1 is 1.50 bits per heavy atom. The Morgan fingerprint density at radius 2 is 2.40 bits per heavy atom. The Hall–Kier alpha value is -1.47. The molecule has 1 aromatic rings. The summed E-state index contributed by atoms with van der Waals surface area (Å²) in [5, 5.41) is 10.6. The largest absolute Gasteiger partial charge is 0.383 e. The van der Waals surface area contributed by atoms with Gasteiger partial charge in [0.1, 0.15) is 0 Å². The lowest BCUT2D eigenvalue weighted by Gasteiger charge is -2.31. The summed E-state index contributed by atoms with van der Waals surface area (Å²) in [6, 6.07) is 0. The van der Waals surface area contributed by atoms with Crippen molar-refractivity contribution in [3.63, 3.8) is 0 Å². The molecule has 7 nitrogen and oxygen atoms in total. The van der Waals surface area contributed by atoms with Gasteiger partial charge in [0, 0.05) is 32.9 Å². The normalized spacial score (nSPS) is 19.9. The molecule has 1 aromatic heterocycles. The molecular formula is C13H23N5O2. The highest BCUT2D eigenvalue weighted by Crippen LogP contribution is 2.16. The number of carbonyl (C=O) groups is 1. The van der Waals surface area contributed by atoms with Gasteiger partial charge in [-0.15, -0.1) is 5.10 Å². The van der Waals surface area contributed by atoms with Crippen LogP contribution in [0, 0.1) is 5.92 Å². The van der Waals surface area contributed by atoms with Crippen molar-refractivity contribution in [1.29, 1.82) is 0 Å². The van der Waals surface area contributed by atoms with Gasteiger partial charge in [0.15, 0.2) is 0 Å². The maximum Gasteiger partial charge on any atom is 0.224 e. The first-order valence-electron chi connectivity index (χ1n) is 7.12. The maximum atomic E-state index is 12.1. The lowest BCUT2D eigenvalue weighted by Crippen LogP contribution is -2.44. The first-order chi connectivity index (χ1) is 9.79. The Balaban J connectivity index is 1.68. The van der Waals surface area contributed by atoms with Crippen LogP contribution in [-0.4, -0.2) is 65.7 Å². The molecule has 0 radical (unpaired) electrons. The lowest BCUT2D eigenvalue weighted by atomic mass is 9.97. The van der Waals surface area contributed by atoms with Gasteiger partial charge in [-0.2, -0.15) is 0 Å². The van der Waals surface area contributed by atoms with Crippen LogP contribution in [0.5, 0.6) is 0 Å². The first kappa shape index (κ1) is 14.9. The van der Waals surface area contributed by atoms with Crippen LogP contribution in [-0.2, 0) is 16.1 Å². The Kier molecular flexibility index (Phi) is 5.94. The van der Waals surface area contributed by atoms with Crippen LogP contribution >= 0.6 is 0 Å². The molecule has 0 spiro atoms. The molecule has 0 unspecified atom stereocenters. The number of amides is 1. The number of rotatable bonds is 7. The van der Waals surface area contributed by atoms with E-state index in [9.17, 15) is 4.79 Å². The van der Waals surface area contributed by atoms with Crippen molar-refractivity contribution >= 4 is 5.91 Å². The van der Waals surface area contributed by atoms with E-state index < -0.39 is 0 Å². The number of methoxy groups -OCH3 is 1. The minimum atomic E-state index is 0.0938. The Morgan fingerprint density at radius 3 is 3.15 bits per heavy atom. The minimum absolute atomic E-state index is 0.0938. The molecule has 2 heterocycles. The average molecular weight is 281 g/mol. The van der Waals surface area contributed by atoms with E-state index in [1.54, 1.807) is 24.2 Å². The predicted molar refractivity (Wildman–Crippen MR) is 74.1 cm³/mol. The molecule has 1 atom stereocenters. The highest BCUT2D eigenvalue weighted by Gasteiger charge is 2.25. The van der Waals surface area contributed by atoms with Gasteiger partial charge >= 0.3 is 0 Å². The van der Waals surface area contributed by atoms with E-state index >= 15 is 0 Å². The fraction of sp³-hybridized carbons (Fsp3) is 0.769. The van der Waals surface area contributed by atoms with Gasteiger partial charge in [-0.25, -0.2) is 0 Å². The summed E-state index contributed by atoms with van der Waals surface area (Å²) in [7, 11) is 1.71. The van der Waals surface area contributed by atoms with Crippen LogP contribution in [0.4, 0.5) is 0 Å². The van der Waals surface area contributed by atoms with Crippen molar-refractivity contribution in [2.75, 3.05) is 39.9 Å². The highest BCUT2D eigenvalue weighted by atomic mass is 16.5. The van der Waals surface area contributed by atoms with Crippen LogP contribution in [0.3, 0.4) is 0 Å². The molecule has 1 aliphatic rings. The molecule has 1 amide bonds. The Bertz CT molecular complexity index is 395. The van der Waals surface area contributed by atoms with E-state index in [1.165, 1.54) is 0 Å². The number of nitrogens with one attached hydrogen (secondary N) is 1. The minimum Gasteiger partial charge on any atom is -0.383 e. The standard InChI is InChI=1S/C13H23N5O2/c1-20-10-9-17-6-2-3-12(11-17)13(19)14-4-7-18-8-5-15-16-18/h5,8,12H,2-4,6-7,9-11H2,1H3,(H,14,19)/t12-/m1/s1. The third-order valence-electron chi connectivity index (χ3n) is 3.60. The predicted octanol–water partition coefficient (Wildman–Crippen LogP) is -0.247. The van der Waals surface area contributed by atoms with Crippen molar-refractivity contribution < 1.29 is 9.53 Å². The topological polar surface area (TPSA) is 72.3 Å². The van der Waals surface area contributed by atoms with Gasteiger partial charge in [0.2, 0.25) is 5.91 Å². The quantitative estimate of drug-likeness (QED) is 0.746. The zero-order valence-electron chi connectivity index (χ0n) is 12.0. The summed E-state index contributed by atoms with van der Waals surface area (Å²) in [6.07, 6.45) is 5.47. The van der Waals surface area contributed by atoms with Crippen LogP contribution in [0.2, 0.25) is 0 Å². The molecule has 2 rings (SSSR count). The summed E-state index contributed by atoms with van der Waals surface area (Å²) in [5.74, 6) is 0.239. The fourth-order valence-electron chi connectivity index (χ4n) is 2.48. The van der Waals surface area contributed by atoms with E-state index in [0.717, 1.165) is 39.1 Å². The summed E-state index contributed by atoms with van der Waals surface area (Å²) < 4.78 is 6.80. The van der Waals surface area contributed by atoms with Crippen LogP contribution in [0.25, 0.3) is 0 Å². The second-order valence-corrected chi connectivity index (χ2v) is 5.09. The molecule has 7 heteroatoms. The van der Waals surface area contributed by atoms with Crippen molar-refractivity contribution in [3.8, 4) is 0 Å². The van der Waals surface area contributed by atoms with Crippen molar-refractivity contribution in [2.45, 2.75) is 19.4 Å². The number of ether oxygens (including phenoxy) is 1. The van der Waals surface area contributed by atoms with Gasteiger partial charge in [-0.05, 0) is 19.4 Å². The van der Waals surface area contributed by atoms with E-state index in [-0.39, 0.29) is 11.8 Å². The van der Waals surface area contributed by atoms with Crippen LogP contribution in [0.15, 0.2) is 12.4 Å². The third kappa shape index (κ3) is 4.57. The highest BCUT2D eigenvalue weighted by molar-refractivity contribution is 5.78. The summed E-state index contributed by atoms with van der Waals surface area (Å²) >= 11 is 0. The average Bonchev–Trinajstić information content (AvgIpc) is 2.98. The van der Waals surface area contributed by atoms with E-state index in [2.05, 4.69) is 20.5 Å². The SMILES string of the molecule is COCCN1CCC[C@@H](C(=O)NCCn2ccnn2)C1. The van der Waals surface area contributed by atoms with Crippen LogP contribution in [0.1, 0.15) is 12.8 Å². The van der Waals surface area contributed by atoms with Gasteiger partial charge < -0.3 is 15.0 Å². The first-order valence-corrected chi connectivity index (χ1v) is 7.12. The Labute approximate surface area is 119 Å². The number of piperidine rings is 1. The number of aromatic nitrogens is 3. The van der Waals surface area contributed by atoms with E-state index in [0.29, 0.717) is 13.1 Å². The summed E-state index contributed by atoms with van der Waals surface area (Å²) in [5.41, 5.74) is 0. The molecule has 20 heavy (non-hydrogen) atoms. The molecule has 0 aliphatic carbocycles. The van der Waals surface area contributed by atoms with Crippen molar-refractivity contribution in [2.24, 2.45) is 5.92 Å². The molecule has 1 N–H and O–H groups in total. The van der Waals surface area contributed by atoms with E-state index in [1.807, 2.05) is 0 Å². The van der Waals surface area contributed by atoms with Crippen molar-refractivity contribution in [3.05, 3.63) is 12.4 Å². The monoisotopic (exact) mass is 281 g/mol. The summed E-state index contributed by atoms with van der Waals surface area (Å²) in [4.78, 5) is 14.4. The molecule has 0 saturated carbocycles. The van der Waals surface area contributed by atoms with Gasteiger partial charge in [0.25, 0.3) is 0 Å². The number of carbonyl (C=O) groups excluding carboxylic acids is 1. The second kappa shape index (κ2) is 7.96. The zero-order chi connectivity index (χ0) is 14.2. The molecule has 1 aliphatic heterocycles. The molecule has 1 saturated heterocycles. The third-order valence-corrected chi connectivity index (χ3v) is 3.60. The molecule has 1 fully saturated rings. The smallest absolute Gasteiger partial charge is 0.224 e. The van der Waals surface area contributed by atoms with Gasteiger partial charge in [-0.1, -0.05) is 5.21 Å². The van der Waals surface area contributed by atoms with Crippen molar-refractivity contribution in [1.82, 2.24) is 25.2 Å². The molecular weight excluding hydrogens is 258 g/mol. The second-order valence-electron chi connectivity index (χ2n) is 5.09. The molecule has 112 valence electrons. The van der Waals surface area contributed by atoms with Gasteiger partial charge in [-0.3, -0.25) is 9.48 Å². The number of hydrogen-bond acceptors (Lipinski definition) is 5. The van der Waals surface area contributed by atoms with Gasteiger partial charge in [0.05, 0.1) is 25.3 Å². The lowest BCUT2D eigenvalue weighted by molar-refractivity contribution is -0.126. The molecule has 0 bridgehead atoms.